The van der Waals surface area contributed by atoms with E-state index in [1.807, 2.05) is 31.2 Å². The summed E-state index contributed by atoms with van der Waals surface area (Å²) in [4.78, 5) is 39.8. The second-order valence-electron chi connectivity index (χ2n) is 6.45. The molecule has 0 bridgehead atoms. The molecule has 0 radical (unpaired) electrons. The lowest BCUT2D eigenvalue weighted by Crippen LogP contribution is -2.45. The molecule has 162 valence electrons. The van der Waals surface area contributed by atoms with Crippen molar-refractivity contribution in [1.29, 1.82) is 0 Å². The molecule has 0 saturated carbocycles. The van der Waals surface area contributed by atoms with E-state index in [0.29, 0.717) is 6.54 Å². The third kappa shape index (κ3) is 5.85. The van der Waals surface area contributed by atoms with Crippen LogP contribution in [0.1, 0.15) is 18.1 Å². The molecule has 2 amide bonds. The summed E-state index contributed by atoms with van der Waals surface area (Å²) >= 11 is 0. The Morgan fingerprint density at radius 1 is 0.935 bits per heavy atom. The van der Waals surface area contributed by atoms with Crippen molar-refractivity contribution in [1.82, 2.24) is 26.9 Å². The van der Waals surface area contributed by atoms with Crippen LogP contribution in [0.4, 0.5) is 0 Å². The number of hydrogen-bond acceptors (Lipinski definition) is 11. The van der Waals surface area contributed by atoms with Crippen LogP contribution in [0.5, 0.6) is 0 Å². The Balaban J connectivity index is 1.47. The van der Waals surface area contributed by atoms with E-state index in [-0.39, 0.29) is 36.5 Å². The number of ether oxygens (including phenoxy) is 1. The summed E-state index contributed by atoms with van der Waals surface area (Å²) in [7, 11) is 1.20. The average molecular weight is 427 g/mol. The minimum atomic E-state index is -0.714. The Morgan fingerprint density at radius 2 is 1.52 bits per heavy atom. The standard InChI is InChI=1S/C18H21N9O4/c1-10-7-19-13(23-22-10)16(28)20-8-11-4-3-5-12(6-11)9-21-17(29)14-24-26-15(27-25-14)18(30)31-2/h3-6H,7-9H2,1-2H3,(H,19,23)(H,20,28)(H,21,29)(H,24,25)(H,26,27). The Morgan fingerprint density at radius 3 is 2.06 bits per heavy atom. The first kappa shape index (κ1) is 21.4. The van der Waals surface area contributed by atoms with Crippen LogP contribution in [-0.2, 0) is 32.2 Å². The lowest BCUT2D eigenvalue weighted by atomic mass is 10.1. The molecule has 13 nitrogen and oxygen atoms in total. The number of nitrogens with one attached hydrogen (secondary N) is 5. The van der Waals surface area contributed by atoms with Gasteiger partial charge in [-0.1, -0.05) is 24.3 Å². The molecule has 2 aliphatic rings. The van der Waals surface area contributed by atoms with Crippen LogP contribution in [-0.4, -0.2) is 54.7 Å². The molecule has 1 aromatic carbocycles. The lowest BCUT2D eigenvalue weighted by Gasteiger charge is -2.14. The average Bonchev–Trinajstić information content (AvgIpc) is 2.81. The highest BCUT2D eigenvalue weighted by Gasteiger charge is 2.20. The summed E-state index contributed by atoms with van der Waals surface area (Å²) in [6.45, 7) is 2.70. The normalized spacial score (nSPS) is 14.9. The van der Waals surface area contributed by atoms with Gasteiger partial charge in [-0.2, -0.15) is 5.10 Å². The van der Waals surface area contributed by atoms with Crippen LogP contribution in [0.3, 0.4) is 0 Å². The van der Waals surface area contributed by atoms with Crippen LogP contribution in [0.2, 0.25) is 0 Å². The predicted molar refractivity (Wildman–Crippen MR) is 112 cm³/mol. The number of benzene rings is 1. The van der Waals surface area contributed by atoms with Gasteiger partial charge in [-0.3, -0.25) is 30.9 Å². The molecule has 5 N–H and O–H groups in total. The number of amidine groups is 3. The molecular weight excluding hydrogens is 406 g/mol. The van der Waals surface area contributed by atoms with Crippen molar-refractivity contribution >= 4 is 41.0 Å². The maximum Gasteiger partial charge on any atom is 0.377 e. The molecule has 0 atom stereocenters. The Hall–Kier alpha value is -4.29. The van der Waals surface area contributed by atoms with Crippen LogP contribution >= 0.6 is 0 Å². The number of aliphatic imine (C=N–C) groups is 1. The Labute approximate surface area is 177 Å². The van der Waals surface area contributed by atoms with Gasteiger partial charge in [0, 0.05) is 13.1 Å². The number of hydrazone groups is 3. The monoisotopic (exact) mass is 427 g/mol. The molecule has 13 heteroatoms. The van der Waals surface area contributed by atoms with E-state index in [2.05, 4.69) is 51.9 Å². The molecule has 0 saturated heterocycles. The molecule has 0 fully saturated rings. The number of hydrogen-bond donors (Lipinski definition) is 5. The topological polar surface area (TPSA) is 170 Å². The maximum absolute atomic E-state index is 12.2. The minimum Gasteiger partial charge on any atom is -0.463 e. The zero-order chi connectivity index (χ0) is 22.2. The molecule has 0 aromatic heterocycles. The third-order valence-corrected chi connectivity index (χ3v) is 4.07. The highest BCUT2D eigenvalue weighted by molar-refractivity contribution is 6.41. The van der Waals surface area contributed by atoms with Gasteiger partial charge < -0.3 is 15.4 Å². The summed E-state index contributed by atoms with van der Waals surface area (Å²) in [5, 5.41) is 16.9. The van der Waals surface area contributed by atoms with E-state index in [9.17, 15) is 14.4 Å². The van der Waals surface area contributed by atoms with E-state index in [1.165, 1.54) is 7.11 Å². The zero-order valence-corrected chi connectivity index (χ0v) is 16.9. The van der Waals surface area contributed by atoms with Crippen molar-refractivity contribution < 1.29 is 19.1 Å². The summed E-state index contributed by atoms with van der Waals surface area (Å²) in [5.41, 5.74) is 9.80. The van der Waals surface area contributed by atoms with Crippen molar-refractivity contribution in [2.75, 3.05) is 13.7 Å². The van der Waals surface area contributed by atoms with Gasteiger partial charge in [0.1, 0.15) is 0 Å². The SMILES string of the molecule is COC(=O)C1=NNC(C(=O)NCc2cccc(CNC(=O)C3=NCC(C)=NN3)c2)=NN1. The second kappa shape index (κ2) is 9.96. The molecule has 0 unspecified atom stereocenters. The number of rotatable bonds is 7. The second-order valence-corrected chi connectivity index (χ2v) is 6.45. The van der Waals surface area contributed by atoms with Gasteiger partial charge in [0.2, 0.25) is 11.7 Å². The van der Waals surface area contributed by atoms with Gasteiger partial charge >= 0.3 is 5.97 Å². The van der Waals surface area contributed by atoms with Crippen molar-refractivity contribution in [3.8, 4) is 0 Å². The fraction of sp³-hybridized carbons (Fsp3) is 0.278. The van der Waals surface area contributed by atoms with E-state index in [4.69, 9.17) is 0 Å². The Bertz CT molecular complexity index is 1010. The first-order chi connectivity index (χ1) is 15.0. The molecule has 2 aliphatic heterocycles. The number of esters is 1. The van der Waals surface area contributed by atoms with Gasteiger partial charge in [-0.25, -0.2) is 4.79 Å². The highest BCUT2D eigenvalue weighted by Crippen LogP contribution is 2.05. The predicted octanol–water partition coefficient (Wildman–Crippen LogP) is -1.71. The summed E-state index contributed by atoms with van der Waals surface area (Å²) in [6.07, 6.45) is 0. The molecule has 1 aromatic rings. The van der Waals surface area contributed by atoms with Gasteiger partial charge in [0.05, 0.1) is 19.4 Å². The lowest BCUT2D eigenvalue weighted by molar-refractivity contribution is -0.133. The number of carbonyl (C=O) groups excluding carboxylic acids is 3. The fourth-order valence-electron chi connectivity index (χ4n) is 2.47. The molecular formula is C18H21N9O4. The molecule has 31 heavy (non-hydrogen) atoms. The third-order valence-electron chi connectivity index (χ3n) is 4.07. The van der Waals surface area contributed by atoms with Gasteiger partial charge in [0.25, 0.3) is 17.6 Å². The summed E-state index contributed by atoms with van der Waals surface area (Å²) in [5.74, 6) is -1.68. The summed E-state index contributed by atoms with van der Waals surface area (Å²) < 4.78 is 4.49. The molecule has 0 aliphatic carbocycles. The van der Waals surface area contributed by atoms with E-state index < -0.39 is 11.9 Å². The largest absolute Gasteiger partial charge is 0.463 e. The van der Waals surface area contributed by atoms with Crippen LogP contribution in [0.15, 0.2) is 44.6 Å². The highest BCUT2D eigenvalue weighted by atomic mass is 16.5. The van der Waals surface area contributed by atoms with E-state index in [0.717, 1.165) is 16.8 Å². The van der Waals surface area contributed by atoms with Crippen LogP contribution in [0.25, 0.3) is 0 Å². The number of nitrogens with zero attached hydrogens (tertiary/aromatic N) is 4. The molecule has 2 heterocycles. The summed E-state index contributed by atoms with van der Waals surface area (Å²) in [6, 6.07) is 7.35. The van der Waals surface area contributed by atoms with Crippen molar-refractivity contribution in [2.24, 2.45) is 20.3 Å². The van der Waals surface area contributed by atoms with E-state index in [1.54, 1.807) is 0 Å². The minimum absolute atomic E-state index is 0.102. The Kier molecular flexibility index (Phi) is 6.88. The van der Waals surface area contributed by atoms with Gasteiger partial charge in [-0.15, -0.1) is 10.2 Å². The van der Waals surface area contributed by atoms with Crippen molar-refractivity contribution in [3.05, 3.63) is 35.4 Å². The fourth-order valence-corrected chi connectivity index (χ4v) is 2.47. The molecule has 3 rings (SSSR count). The van der Waals surface area contributed by atoms with Crippen molar-refractivity contribution in [3.63, 3.8) is 0 Å². The number of carbonyl (C=O) groups is 3. The number of methoxy groups -OCH3 is 1. The van der Waals surface area contributed by atoms with E-state index >= 15 is 0 Å². The quantitative estimate of drug-likeness (QED) is 0.323. The number of amides is 2. The first-order valence-corrected chi connectivity index (χ1v) is 9.20. The van der Waals surface area contributed by atoms with Crippen molar-refractivity contribution in [2.45, 2.75) is 20.0 Å². The van der Waals surface area contributed by atoms with Gasteiger partial charge in [0.15, 0.2) is 0 Å². The van der Waals surface area contributed by atoms with Gasteiger partial charge in [-0.05, 0) is 18.1 Å². The smallest absolute Gasteiger partial charge is 0.377 e. The first-order valence-electron chi connectivity index (χ1n) is 9.20. The maximum atomic E-state index is 12.2. The van der Waals surface area contributed by atoms with Crippen LogP contribution < -0.4 is 26.9 Å². The molecule has 0 spiro atoms. The zero-order valence-electron chi connectivity index (χ0n) is 16.9. The van der Waals surface area contributed by atoms with Crippen LogP contribution in [0, 0.1) is 0 Å².